The van der Waals surface area contributed by atoms with E-state index < -0.39 is 16.0 Å². The lowest BCUT2D eigenvalue weighted by Gasteiger charge is -2.31. The van der Waals surface area contributed by atoms with Gasteiger partial charge in [0.1, 0.15) is 6.54 Å². The largest absolute Gasteiger partial charge is 0.480 e. The average Bonchev–Trinajstić information content (AvgIpc) is 3.03. The van der Waals surface area contributed by atoms with E-state index in [1.165, 1.54) is 10.4 Å². The minimum atomic E-state index is -3.88. The van der Waals surface area contributed by atoms with E-state index in [4.69, 9.17) is 4.74 Å². The number of hydrogen-bond acceptors (Lipinski definition) is 5. The van der Waals surface area contributed by atoms with Gasteiger partial charge in [-0.2, -0.15) is 4.31 Å². The minimum Gasteiger partial charge on any atom is -0.480 e. The Hall–Kier alpha value is -2.49. The maximum atomic E-state index is 13.9. The fraction of sp³-hybridized carbons (Fsp3) is 0.500. The number of benzene rings is 1. The number of fused-ring (bicyclic) bond motifs is 1. The molecule has 0 saturated carbocycles. The first-order valence-electron chi connectivity index (χ1n) is 11.2. The number of rotatable bonds is 6. The summed E-state index contributed by atoms with van der Waals surface area (Å²) >= 11 is 0. The highest BCUT2D eigenvalue weighted by atomic mass is 32.2. The molecular formula is C24H30N2O6S. The van der Waals surface area contributed by atoms with Crippen molar-refractivity contribution in [2.24, 2.45) is 5.41 Å². The van der Waals surface area contributed by atoms with Gasteiger partial charge < -0.3 is 14.4 Å². The number of carboxylic acid groups (broad SMARTS) is 1. The Labute approximate surface area is 194 Å². The van der Waals surface area contributed by atoms with Crippen molar-refractivity contribution in [2.45, 2.75) is 51.5 Å². The molecule has 0 bridgehead atoms. The number of morpholine rings is 1. The van der Waals surface area contributed by atoms with Gasteiger partial charge in [-0.1, -0.05) is 26.0 Å². The summed E-state index contributed by atoms with van der Waals surface area (Å²) in [6.07, 6.45) is 2.20. The summed E-state index contributed by atoms with van der Waals surface area (Å²) in [5.74, 6) is -1.35. The van der Waals surface area contributed by atoms with Crippen LogP contribution in [-0.2, 0) is 38.9 Å². The van der Waals surface area contributed by atoms with E-state index >= 15 is 0 Å². The molecule has 1 aromatic heterocycles. The topological polar surface area (TPSA) is 106 Å². The fourth-order valence-electron chi connectivity index (χ4n) is 4.95. The number of aliphatic carboxylic acids is 1. The van der Waals surface area contributed by atoms with Crippen LogP contribution in [0.3, 0.4) is 0 Å². The monoisotopic (exact) mass is 474 g/mol. The van der Waals surface area contributed by atoms with Crippen LogP contribution < -0.4 is 0 Å². The van der Waals surface area contributed by atoms with Crippen molar-refractivity contribution in [3.8, 4) is 0 Å². The van der Waals surface area contributed by atoms with Gasteiger partial charge in [0.25, 0.3) is 0 Å². The van der Waals surface area contributed by atoms with Gasteiger partial charge in [-0.15, -0.1) is 0 Å². The van der Waals surface area contributed by atoms with Crippen molar-refractivity contribution in [1.29, 1.82) is 0 Å². The molecule has 1 fully saturated rings. The normalized spacial score (nSPS) is 18.6. The van der Waals surface area contributed by atoms with Crippen LogP contribution in [0.1, 0.15) is 53.1 Å². The molecule has 1 aliphatic heterocycles. The highest BCUT2D eigenvalue weighted by molar-refractivity contribution is 7.89. The lowest BCUT2D eigenvalue weighted by atomic mass is 9.75. The second-order valence-electron chi connectivity index (χ2n) is 9.55. The third kappa shape index (κ3) is 4.37. The van der Waals surface area contributed by atoms with Crippen molar-refractivity contribution in [3.05, 3.63) is 52.3 Å². The van der Waals surface area contributed by atoms with Crippen molar-refractivity contribution in [1.82, 2.24) is 8.87 Å². The first-order valence-corrected chi connectivity index (χ1v) is 12.6. The molecule has 33 heavy (non-hydrogen) atoms. The zero-order chi connectivity index (χ0) is 24.0. The van der Waals surface area contributed by atoms with Crippen LogP contribution in [-0.4, -0.2) is 60.5 Å². The zero-order valence-electron chi connectivity index (χ0n) is 19.3. The molecule has 0 unspecified atom stereocenters. The molecule has 8 nitrogen and oxygen atoms in total. The standard InChI is InChI=1S/C24H30N2O6S/c1-16-22(18-14-24(2,3)9-8-19(18)26(16)15-21(27)28)23(29)17-6-4-5-7-20(17)33(30,31)25-10-12-32-13-11-25/h4-7H,8-15H2,1-3H3,(H,27,28). The van der Waals surface area contributed by atoms with E-state index in [1.54, 1.807) is 29.7 Å². The Balaban J connectivity index is 1.85. The summed E-state index contributed by atoms with van der Waals surface area (Å²) in [5.41, 5.74) is 2.79. The average molecular weight is 475 g/mol. The molecule has 1 aliphatic carbocycles. The van der Waals surface area contributed by atoms with Crippen LogP contribution in [0.25, 0.3) is 0 Å². The van der Waals surface area contributed by atoms with Crippen LogP contribution >= 0.6 is 0 Å². The molecule has 4 rings (SSSR count). The zero-order valence-corrected chi connectivity index (χ0v) is 20.1. The molecule has 2 aromatic rings. The van der Waals surface area contributed by atoms with E-state index in [9.17, 15) is 23.1 Å². The SMILES string of the molecule is Cc1c(C(=O)c2ccccc2S(=O)(=O)N2CCOCC2)c2c(n1CC(=O)O)CCC(C)(C)C2. The van der Waals surface area contributed by atoms with Crippen molar-refractivity contribution in [2.75, 3.05) is 26.3 Å². The Morgan fingerprint density at radius 3 is 2.48 bits per heavy atom. The van der Waals surface area contributed by atoms with Crippen LogP contribution in [0.15, 0.2) is 29.2 Å². The molecule has 1 aromatic carbocycles. The van der Waals surface area contributed by atoms with E-state index in [2.05, 4.69) is 13.8 Å². The van der Waals surface area contributed by atoms with Crippen LogP contribution in [0, 0.1) is 12.3 Å². The van der Waals surface area contributed by atoms with Crippen LogP contribution in [0.2, 0.25) is 0 Å². The predicted molar refractivity (Wildman–Crippen MR) is 122 cm³/mol. The molecule has 2 heterocycles. The summed E-state index contributed by atoms with van der Waals surface area (Å²) in [6, 6.07) is 6.29. The van der Waals surface area contributed by atoms with Gasteiger partial charge in [-0.3, -0.25) is 9.59 Å². The molecule has 1 saturated heterocycles. The second kappa shape index (κ2) is 8.70. The van der Waals surface area contributed by atoms with Gasteiger partial charge in [0.05, 0.1) is 18.1 Å². The Kier molecular flexibility index (Phi) is 6.24. The number of sulfonamides is 1. The van der Waals surface area contributed by atoms with Crippen LogP contribution in [0.4, 0.5) is 0 Å². The number of carbonyl (C=O) groups is 2. The molecule has 1 N–H and O–H groups in total. The lowest BCUT2D eigenvalue weighted by molar-refractivity contribution is -0.137. The number of ketones is 1. The summed E-state index contributed by atoms with van der Waals surface area (Å²) in [5, 5.41) is 9.45. The fourth-order valence-corrected chi connectivity index (χ4v) is 6.55. The number of nitrogens with zero attached hydrogens (tertiary/aromatic N) is 2. The molecule has 0 atom stereocenters. The smallest absolute Gasteiger partial charge is 0.323 e. The summed E-state index contributed by atoms with van der Waals surface area (Å²) < 4.78 is 35.2. The predicted octanol–water partition coefficient (Wildman–Crippen LogP) is 2.65. The summed E-state index contributed by atoms with van der Waals surface area (Å²) in [6.45, 7) is 6.89. The van der Waals surface area contributed by atoms with Gasteiger partial charge in [-0.05, 0) is 49.3 Å². The van der Waals surface area contributed by atoms with E-state index in [0.29, 0.717) is 37.3 Å². The lowest BCUT2D eigenvalue weighted by Crippen LogP contribution is -2.41. The van der Waals surface area contributed by atoms with Crippen molar-refractivity contribution in [3.63, 3.8) is 0 Å². The first kappa shape index (κ1) is 23.7. The highest BCUT2D eigenvalue weighted by Gasteiger charge is 2.36. The molecule has 9 heteroatoms. The first-order chi connectivity index (χ1) is 15.5. The van der Waals surface area contributed by atoms with Gasteiger partial charge >= 0.3 is 5.97 Å². The summed E-state index contributed by atoms with van der Waals surface area (Å²) in [4.78, 5) is 25.5. The number of carboxylic acids is 1. The number of aromatic nitrogens is 1. The highest BCUT2D eigenvalue weighted by Crippen LogP contribution is 2.40. The van der Waals surface area contributed by atoms with Gasteiger partial charge in [0.15, 0.2) is 5.78 Å². The molecule has 2 aliphatic rings. The second-order valence-corrected chi connectivity index (χ2v) is 11.5. The van der Waals surface area contributed by atoms with Gasteiger partial charge in [0, 0.05) is 35.6 Å². The quantitative estimate of drug-likeness (QED) is 0.645. The minimum absolute atomic E-state index is 0.0221. The number of ether oxygens (including phenoxy) is 1. The molecule has 178 valence electrons. The third-order valence-corrected chi connectivity index (χ3v) is 8.63. The molecule has 0 spiro atoms. The Morgan fingerprint density at radius 2 is 1.82 bits per heavy atom. The molecular weight excluding hydrogens is 444 g/mol. The van der Waals surface area contributed by atoms with Crippen molar-refractivity contribution >= 4 is 21.8 Å². The van der Waals surface area contributed by atoms with Crippen LogP contribution in [0.5, 0.6) is 0 Å². The molecule has 0 radical (unpaired) electrons. The number of carbonyl (C=O) groups excluding carboxylic acids is 1. The summed E-state index contributed by atoms with van der Waals surface area (Å²) in [7, 11) is -3.88. The van der Waals surface area contributed by atoms with E-state index in [1.807, 2.05) is 0 Å². The Bertz CT molecular complexity index is 1210. The van der Waals surface area contributed by atoms with Gasteiger partial charge in [-0.25, -0.2) is 8.42 Å². The van der Waals surface area contributed by atoms with E-state index in [-0.39, 0.29) is 41.3 Å². The van der Waals surface area contributed by atoms with Crippen molar-refractivity contribution < 1.29 is 27.9 Å². The molecule has 0 amide bonds. The Morgan fingerprint density at radius 1 is 1.15 bits per heavy atom. The third-order valence-electron chi connectivity index (χ3n) is 6.68. The van der Waals surface area contributed by atoms with E-state index in [0.717, 1.165) is 17.7 Å². The maximum absolute atomic E-state index is 13.9. The number of hydrogen-bond donors (Lipinski definition) is 1. The van der Waals surface area contributed by atoms with Gasteiger partial charge in [0.2, 0.25) is 10.0 Å². The maximum Gasteiger partial charge on any atom is 0.323 e.